The second-order valence-corrected chi connectivity index (χ2v) is 4.37. The van der Waals surface area contributed by atoms with E-state index in [1.165, 1.54) is 0 Å². The number of aliphatic hydroxyl groups excluding tert-OH is 1. The minimum absolute atomic E-state index is 0.0481. The van der Waals surface area contributed by atoms with E-state index in [9.17, 15) is 4.79 Å². The first-order valence-corrected chi connectivity index (χ1v) is 6.12. The number of aliphatic hydroxyl groups is 1. The molecule has 1 rings (SSSR count). The van der Waals surface area contributed by atoms with Crippen molar-refractivity contribution < 1.29 is 9.90 Å². The van der Waals surface area contributed by atoms with Crippen LogP contribution in [0.3, 0.4) is 0 Å². The number of nitrogens with zero attached hydrogens (tertiary/aromatic N) is 1. The molecule has 17 heavy (non-hydrogen) atoms. The first-order chi connectivity index (χ1) is 8.08. The highest BCUT2D eigenvalue weighted by molar-refractivity contribution is 6.27. The van der Waals surface area contributed by atoms with Gasteiger partial charge in [0.2, 0.25) is 5.91 Å². The van der Waals surface area contributed by atoms with E-state index in [1.807, 2.05) is 26.0 Å². The van der Waals surface area contributed by atoms with Crippen LogP contribution in [0.4, 0.5) is 0 Å². The zero-order chi connectivity index (χ0) is 12.8. The Morgan fingerprint density at radius 3 is 2.71 bits per heavy atom. The molecule has 0 spiro atoms. The minimum Gasteiger partial charge on any atom is -0.395 e. The van der Waals surface area contributed by atoms with Crippen LogP contribution in [-0.2, 0) is 11.3 Å². The van der Waals surface area contributed by atoms with Crippen LogP contribution in [0.5, 0.6) is 0 Å². The molecule has 0 radical (unpaired) electrons. The third-order valence-electron chi connectivity index (χ3n) is 2.70. The maximum absolute atomic E-state index is 11.6. The second-order valence-electron chi connectivity index (χ2n) is 4.10. The number of amides is 1. The van der Waals surface area contributed by atoms with Gasteiger partial charge in [-0.3, -0.25) is 4.79 Å². The first-order valence-electron chi connectivity index (χ1n) is 5.59. The normalized spacial score (nSPS) is 10.4. The number of alkyl halides is 1. The predicted molar refractivity (Wildman–Crippen MR) is 69.1 cm³/mol. The van der Waals surface area contributed by atoms with Crippen LogP contribution < -0.4 is 0 Å². The van der Waals surface area contributed by atoms with Gasteiger partial charge in [-0.2, -0.15) is 0 Å². The van der Waals surface area contributed by atoms with Gasteiger partial charge in [0.15, 0.2) is 0 Å². The zero-order valence-corrected chi connectivity index (χ0v) is 11.0. The van der Waals surface area contributed by atoms with Crippen molar-refractivity contribution >= 4 is 17.5 Å². The molecule has 1 amide bonds. The lowest BCUT2D eigenvalue weighted by molar-refractivity contribution is -0.129. The van der Waals surface area contributed by atoms with Gasteiger partial charge in [-0.25, -0.2) is 0 Å². The van der Waals surface area contributed by atoms with E-state index in [2.05, 4.69) is 6.07 Å². The number of carbonyl (C=O) groups is 1. The van der Waals surface area contributed by atoms with Crippen LogP contribution >= 0.6 is 11.6 Å². The third-order valence-corrected chi connectivity index (χ3v) is 2.93. The summed E-state index contributed by atoms with van der Waals surface area (Å²) in [5.41, 5.74) is 3.39. The van der Waals surface area contributed by atoms with E-state index in [0.717, 1.165) is 16.7 Å². The molecule has 0 fully saturated rings. The van der Waals surface area contributed by atoms with Gasteiger partial charge < -0.3 is 10.0 Å². The molecular weight excluding hydrogens is 238 g/mol. The lowest BCUT2D eigenvalue weighted by atomic mass is 10.1. The number of aryl methyl sites for hydroxylation is 2. The van der Waals surface area contributed by atoms with Crippen molar-refractivity contribution in [2.75, 3.05) is 19.0 Å². The van der Waals surface area contributed by atoms with Gasteiger partial charge in [0.25, 0.3) is 0 Å². The van der Waals surface area contributed by atoms with Crippen LogP contribution in [-0.4, -0.2) is 34.9 Å². The smallest absolute Gasteiger partial charge is 0.237 e. The summed E-state index contributed by atoms with van der Waals surface area (Å²) >= 11 is 5.55. The average Bonchev–Trinajstić information content (AvgIpc) is 2.32. The lowest BCUT2D eigenvalue weighted by Crippen LogP contribution is -2.34. The molecule has 0 aromatic heterocycles. The monoisotopic (exact) mass is 255 g/mol. The Kier molecular flexibility index (Phi) is 5.45. The van der Waals surface area contributed by atoms with Crippen molar-refractivity contribution in [3.05, 3.63) is 34.9 Å². The summed E-state index contributed by atoms with van der Waals surface area (Å²) in [6.45, 7) is 4.80. The fourth-order valence-electron chi connectivity index (χ4n) is 1.67. The highest BCUT2D eigenvalue weighted by atomic mass is 35.5. The van der Waals surface area contributed by atoms with Crippen LogP contribution in [0.2, 0.25) is 0 Å². The summed E-state index contributed by atoms with van der Waals surface area (Å²) in [4.78, 5) is 13.2. The van der Waals surface area contributed by atoms with Gasteiger partial charge in [0.05, 0.1) is 6.61 Å². The van der Waals surface area contributed by atoms with E-state index in [4.69, 9.17) is 16.7 Å². The maximum Gasteiger partial charge on any atom is 0.237 e. The molecule has 0 aliphatic carbocycles. The van der Waals surface area contributed by atoms with Crippen LogP contribution in [0.25, 0.3) is 0 Å². The van der Waals surface area contributed by atoms with Crippen molar-refractivity contribution in [1.29, 1.82) is 0 Å². The van der Waals surface area contributed by atoms with Gasteiger partial charge >= 0.3 is 0 Å². The van der Waals surface area contributed by atoms with Crippen LogP contribution in [0, 0.1) is 13.8 Å². The van der Waals surface area contributed by atoms with Crippen molar-refractivity contribution in [1.82, 2.24) is 4.90 Å². The molecule has 3 nitrogen and oxygen atoms in total. The molecular formula is C13H18ClNO2. The Hall–Kier alpha value is -1.06. The molecule has 0 aliphatic rings. The molecule has 0 heterocycles. The quantitative estimate of drug-likeness (QED) is 0.816. The van der Waals surface area contributed by atoms with E-state index < -0.39 is 0 Å². The van der Waals surface area contributed by atoms with Gasteiger partial charge in [-0.15, -0.1) is 11.6 Å². The Bertz CT molecular complexity index is 393. The van der Waals surface area contributed by atoms with E-state index in [-0.39, 0.29) is 18.4 Å². The number of hydrogen-bond acceptors (Lipinski definition) is 2. The van der Waals surface area contributed by atoms with Gasteiger partial charge in [0, 0.05) is 13.1 Å². The summed E-state index contributed by atoms with van der Waals surface area (Å²) in [5.74, 6) is -0.202. The number of benzene rings is 1. The Morgan fingerprint density at radius 2 is 2.12 bits per heavy atom. The minimum atomic E-state index is -0.151. The molecule has 0 atom stereocenters. The Labute approximate surface area is 107 Å². The number of carbonyl (C=O) groups excluding carboxylic acids is 1. The Balaban J connectivity index is 2.85. The SMILES string of the molecule is Cc1ccc(C)c(CN(CCO)C(=O)CCl)c1. The molecule has 1 aromatic rings. The summed E-state index contributed by atoms with van der Waals surface area (Å²) in [6.07, 6.45) is 0. The number of rotatable bonds is 5. The molecule has 4 heteroatoms. The highest BCUT2D eigenvalue weighted by Gasteiger charge is 2.13. The Morgan fingerprint density at radius 1 is 1.41 bits per heavy atom. The highest BCUT2D eigenvalue weighted by Crippen LogP contribution is 2.13. The summed E-state index contributed by atoms with van der Waals surface area (Å²) < 4.78 is 0. The summed E-state index contributed by atoms with van der Waals surface area (Å²) in [7, 11) is 0. The number of hydrogen-bond donors (Lipinski definition) is 1. The zero-order valence-electron chi connectivity index (χ0n) is 10.2. The van der Waals surface area contributed by atoms with Gasteiger partial charge in [0.1, 0.15) is 5.88 Å². The summed E-state index contributed by atoms with van der Waals surface area (Å²) in [6, 6.07) is 6.13. The van der Waals surface area contributed by atoms with Gasteiger partial charge in [-0.05, 0) is 25.0 Å². The topological polar surface area (TPSA) is 40.5 Å². The van der Waals surface area contributed by atoms with E-state index >= 15 is 0 Å². The molecule has 0 aliphatic heterocycles. The molecule has 1 N–H and O–H groups in total. The largest absolute Gasteiger partial charge is 0.395 e. The van der Waals surface area contributed by atoms with E-state index in [1.54, 1.807) is 4.90 Å². The third kappa shape index (κ3) is 4.02. The fourth-order valence-corrected chi connectivity index (χ4v) is 1.84. The van der Waals surface area contributed by atoms with Crippen LogP contribution in [0.1, 0.15) is 16.7 Å². The number of halogens is 1. The summed E-state index contributed by atoms with van der Waals surface area (Å²) in [5, 5.41) is 8.95. The predicted octanol–water partition coefficient (Wildman–Crippen LogP) is 1.86. The van der Waals surface area contributed by atoms with E-state index in [0.29, 0.717) is 13.1 Å². The van der Waals surface area contributed by atoms with Crippen molar-refractivity contribution in [2.24, 2.45) is 0 Å². The van der Waals surface area contributed by atoms with Crippen molar-refractivity contribution in [2.45, 2.75) is 20.4 Å². The second kappa shape index (κ2) is 6.62. The molecule has 0 unspecified atom stereocenters. The molecule has 1 aromatic carbocycles. The standard InChI is InChI=1S/C13H18ClNO2/c1-10-3-4-11(2)12(7-10)9-15(5-6-16)13(17)8-14/h3-4,7,16H,5-6,8-9H2,1-2H3. The lowest BCUT2D eigenvalue weighted by Gasteiger charge is -2.22. The first kappa shape index (κ1) is 14.0. The average molecular weight is 256 g/mol. The molecule has 0 bridgehead atoms. The fraction of sp³-hybridized carbons (Fsp3) is 0.462. The molecule has 94 valence electrons. The van der Waals surface area contributed by atoms with Crippen molar-refractivity contribution in [3.63, 3.8) is 0 Å². The van der Waals surface area contributed by atoms with Gasteiger partial charge in [-0.1, -0.05) is 23.8 Å². The molecule has 0 saturated carbocycles. The van der Waals surface area contributed by atoms with Crippen LogP contribution in [0.15, 0.2) is 18.2 Å². The maximum atomic E-state index is 11.6. The van der Waals surface area contributed by atoms with Crippen molar-refractivity contribution in [3.8, 4) is 0 Å². The molecule has 0 saturated heterocycles.